The molecule has 2 saturated carbocycles. The monoisotopic (exact) mass is 339 g/mol. The highest BCUT2D eigenvalue weighted by Gasteiger charge is 2.44. The summed E-state index contributed by atoms with van der Waals surface area (Å²) in [6, 6.07) is 2.09. The van der Waals surface area contributed by atoms with E-state index in [9.17, 15) is 0 Å². The first-order chi connectivity index (χ1) is 12.3. The summed E-state index contributed by atoms with van der Waals surface area (Å²) in [6.07, 6.45) is 8.96. The summed E-state index contributed by atoms with van der Waals surface area (Å²) in [6.45, 7) is 3.12. The molecule has 3 heterocycles. The molecule has 1 aliphatic heterocycles. The number of methoxy groups -OCH3 is 1. The van der Waals surface area contributed by atoms with E-state index in [1.165, 1.54) is 31.2 Å². The van der Waals surface area contributed by atoms with Gasteiger partial charge in [0.05, 0.1) is 13.3 Å². The van der Waals surface area contributed by atoms with Gasteiger partial charge in [-0.1, -0.05) is 0 Å². The second kappa shape index (κ2) is 6.09. The molecular weight excluding hydrogens is 314 g/mol. The summed E-state index contributed by atoms with van der Waals surface area (Å²) in [5.74, 6) is 5.67. The molecule has 3 aliphatic rings. The maximum Gasteiger partial charge on any atom is 0.153 e. The van der Waals surface area contributed by atoms with Crippen LogP contribution < -0.4 is 4.74 Å². The number of nitrogens with zero attached hydrogens (tertiary/aromatic N) is 4. The molecule has 0 bridgehead atoms. The fourth-order valence-corrected chi connectivity index (χ4v) is 4.23. The zero-order chi connectivity index (χ0) is 16.8. The minimum Gasteiger partial charge on any atom is -0.495 e. The van der Waals surface area contributed by atoms with Crippen molar-refractivity contribution in [2.45, 2.75) is 44.1 Å². The van der Waals surface area contributed by atoms with Crippen LogP contribution in [0.25, 0.3) is 0 Å². The standard InChI is InChI=1S/C19H25N5O/c1-25-15-6-12(7-20-8-15)9-24-10-16(13-2-3-13)17(11-24)19-21-18(22-23-19)14-4-5-14/h6-8,13-14,16-17H,2-5,9-11H2,1H3,(H,21,22,23)/t16-,17+/m1/s1. The predicted octanol–water partition coefficient (Wildman–Crippen LogP) is 2.71. The van der Waals surface area contributed by atoms with Crippen LogP contribution in [0.15, 0.2) is 18.5 Å². The Morgan fingerprint density at radius 2 is 2.08 bits per heavy atom. The molecule has 0 amide bonds. The first-order valence-corrected chi connectivity index (χ1v) is 9.42. The molecule has 5 rings (SSSR count). The van der Waals surface area contributed by atoms with Crippen LogP contribution in [-0.2, 0) is 6.54 Å². The molecular formula is C19H25N5O. The van der Waals surface area contributed by atoms with Gasteiger partial charge in [0.1, 0.15) is 11.6 Å². The van der Waals surface area contributed by atoms with Gasteiger partial charge < -0.3 is 4.74 Å². The summed E-state index contributed by atoms with van der Waals surface area (Å²) in [5.41, 5.74) is 1.21. The Bertz CT molecular complexity index is 752. The number of likely N-dealkylation sites (tertiary alicyclic amines) is 1. The van der Waals surface area contributed by atoms with E-state index in [2.05, 4.69) is 26.1 Å². The maximum atomic E-state index is 5.31. The van der Waals surface area contributed by atoms with Gasteiger partial charge in [0.25, 0.3) is 0 Å². The third-order valence-corrected chi connectivity index (χ3v) is 5.89. The minimum atomic E-state index is 0.492. The van der Waals surface area contributed by atoms with Crippen LogP contribution in [0.2, 0.25) is 0 Å². The molecule has 0 radical (unpaired) electrons. The molecule has 0 spiro atoms. The van der Waals surface area contributed by atoms with Gasteiger partial charge in [0.2, 0.25) is 0 Å². The highest BCUT2D eigenvalue weighted by Crippen LogP contribution is 2.47. The Labute approximate surface area is 148 Å². The van der Waals surface area contributed by atoms with E-state index < -0.39 is 0 Å². The molecule has 1 N–H and O–H groups in total. The van der Waals surface area contributed by atoms with E-state index in [0.717, 1.165) is 43.0 Å². The van der Waals surface area contributed by atoms with Gasteiger partial charge in [-0.25, -0.2) is 4.98 Å². The van der Waals surface area contributed by atoms with Crippen molar-refractivity contribution in [2.75, 3.05) is 20.2 Å². The Balaban J connectivity index is 1.32. The molecule has 6 nitrogen and oxygen atoms in total. The molecule has 2 aromatic rings. The third-order valence-electron chi connectivity index (χ3n) is 5.89. The lowest BCUT2D eigenvalue weighted by atomic mass is 9.91. The van der Waals surface area contributed by atoms with Crippen molar-refractivity contribution in [2.24, 2.45) is 11.8 Å². The van der Waals surface area contributed by atoms with Crippen LogP contribution in [-0.4, -0.2) is 45.3 Å². The van der Waals surface area contributed by atoms with Gasteiger partial charge >= 0.3 is 0 Å². The molecule has 1 saturated heterocycles. The van der Waals surface area contributed by atoms with Crippen LogP contribution in [0.5, 0.6) is 5.75 Å². The van der Waals surface area contributed by atoms with Gasteiger partial charge in [-0.15, -0.1) is 0 Å². The normalized spacial score (nSPS) is 26.9. The summed E-state index contributed by atoms with van der Waals surface area (Å²) in [5, 5.41) is 7.75. The van der Waals surface area contributed by atoms with E-state index >= 15 is 0 Å². The first kappa shape index (κ1) is 15.3. The van der Waals surface area contributed by atoms with Crippen LogP contribution in [0, 0.1) is 11.8 Å². The second-order valence-corrected chi connectivity index (χ2v) is 7.89. The number of nitrogens with one attached hydrogen (secondary N) is 1. The van der Waals surface area contributed by atoms with E-state index in [1.54, 1.807) is 13.3 Å². The molecule has 0 aromatic carbocycles. The van der Waals surface area contributed by atoms with Crippen LogP contribution >= 0.6 is 0 Å². The summed E-state index contributed by atoms with van der Waals surface area (Å²) in [7, 11) is 1.69. The second-order valence-electron chi connectivity index (χ2n) is 7.89. The topological polar surface area (TPSA) is 66.9 Å². The predicted molar refractivity (Wildman–Crippen MR) is 93.4 cm³/mol. The van der Waals surface area contributed by atoms with Gasteiger partial charge in [-0.05, 0) is 49.1 Å². The summed E-state index contributed by atoms with van der Waals surface area (Å²) in [4.78, 5) is 11.7. The van der Waals surface area contributed by atoms with Crippen LogP contribution in [0.3, 0.4) is 0 Å². The van der Waals surface area contributed by atoms with E-state index in [-0.39, 0.29) is 0 Å². The zero-order valence-corrected chi connectivity index (χ0v) is 14.7. The average Bonchev–Trinajstić information content (AvgIpc) is 3.57. The molecule has 0 unspecified atom stereocenters. The van der Waals surface area contributed by atoms with Gasteiger partial charge in [0.15, 0.2) is 5.82 Å². The van der Waals surface area contributed by atoms with Gasteiger partial charge in [-0.3, -0.25) is 15.0 Å². The Hall–Kier alpha value is -1.95. The molecule has 25 heavy (non-hydrogen) atoms. The fourth-order valence-electron chi connectivity index (χ4n) is 4.23. The number of pyridine rings is 1. The van der Waals surface area contributed by atoms with Crippen molar-refractivity contribution >= 4 is 0 Å². The quantitative estimate of drug-likeness (QED) is 0.876. The molecule has 2 atom stereocenters. The lowest BCUT2D eigenvalue weighted by Crippen LogP contribution is -2.20. The number of H-pyrrole nitrogens is 1. The minimum absolute atomic E-state index is 0.492. The Kier molecular flexibility index (Phi) is 3.73. The van der Waals surface area contributed by atoms with Crippen LogP contribution in [0.1, 0.15) is 54.7 Å². The Morgan fingerprint density at radius 3 is 2.84 bits per heavy atom. The first-order valence-electron chi connectivity index (χ1n) is 9.42. The third kappa shape index (κ3) is 3.15. The van der Waals surface area contributed by atoms with Gasteiger partial charge in [0, 0.05) is 37.7 Å². The van der Waals surface area contributed by atoms with Crippen LogP contribution in [0.4, 0.5) is 0 Å². The number of aromatic amines is 1. The maximum absolute atomic E-state index is 5.31. The van der Waals surface area contributed by atoms with E-state index in [4.69, 9.17) is 9.72 Å². The number of rotatable bonds is 6. The smallest absolute Gasteiger partial charge is 0.153 e. The number of hydrogen-bond donors (Lipinski definition) is 1. The largest absolute Gasteiger partial charge is 0.495 e. The molecule has 2 aliphatic carbocycles. The summed E-state index contributed by atoms with van der Waals surface area (Å²) >= 11 is 0. The summed E-state index contributed by atoms with van der Waals surface area (Å²) < 4.78 is 5.31. The van der Waals surface area contributed by atoms with Crippen molar-refractivity contribution in [3.63, 3.8) is 0 Å². The number of ether oxygens (including phenoxy) is 1. The van der Waals surface area contributed by atoms with Crippen molar-refractivity contribution in [1.29, 1.82) is 0 Å². The zero-order valence-electron chi connectivity index (χ0n) is 14.7. The van der Waals surface area contributed by atoms with Gasteiger partial charge in [-0.2, -0.15) is 5.10 Å². The van der Waals surface area contributed by atoms with E-state index in [0.29, 0.717) is 17.8 Å². The van der Waals surface area contributed by atoms with Crippen molar-refractivity contribution in [3.8, 4) is 5.75 Å². The SMILES string of the molecule is COc1cncc(CN2C[C@H](c3nc(C4CC4)n[nH]3)[C@@H](C3CC3)C2)c1. The fraction of sp³-hybridized carbons (Fsp3) is 0.632. The molecule has 2 aromatic heterocycles. The average molecular weight is 339 g/mol. The van der Waals surface area contributed by atoms with Crippen molar-refractivity contribution < 1.29 is 4.74 Å². The van der Waals surface area contributed by atoms with Crippen molar-refractivity contribution in [1.82, 2.24) is 25.1 Å². The number of hydrogen-bond acceptors (Lipinski definition) is 5. The number of aromatic nitrogens is 4. The molecule has 3 fully saturated rings. The molecule has 6 heteroatoms. The Morgan fingerprint density at radius 1 is 1.20 bits per heavy atom. The van der Waals surface area contributed by atoms with E-state index in [1.807, 2.05) is 6.20 Å². The highest BCUT2D eigenvalue weighted by atomic mass is 16.5. The highest BCUT2D eigenvalue weighted by molar-refractivity contribution is 5.23. The van der Waals surface area contributed by atoms with Crippen molar-refractivity contribution in [3.05, 3.63) is 35.7 Å². The lowest BCUT2D eigenvalue weighted by molar-refractivity contribution is 0.308. The lowest BCUT2D eigenvalue weighted by Gasteiger charge is -2.15. The molecule has 132 valence electrons.